The molecule has 0 aliphatic heterocycles. The Morgan fingerprint density at radius 1 is 0.926 bits per heavy atom. The Labute approximate surface area is 165 Å². The number of rotatable bonds is 5. The predicted octanol–water partition coefficient (Wildman–Crippen LogP) is 4.82. The second kappa shape index (κ2) is 7.76. The van der Waals surface area contributed by atoms with Gasteiger partial charge in [-0.15, -0.1) is 0 Å². The summed E-state index contributed by atoms with van der Waals surface area (Å²) < 4.78 is 2.69. The van der Waals surface area contributed by atoms with Crippen LogP contribution in [-0.2, 0) is 13.1 Å². The third-order valence-electron chi connectivity index (χ3n) is 4.48. The van der Waals surface area contributed by atoms with Crippen molar-refractivity contribution in [3.8, 4) is 0 Å². The van der Waals surface area contributed by atoms with Gasteiger partial charge in [-0.2, -0.15) is 0 Å². The molecule has 0 fully saturated rings. The van der Waals surface area contributed by atoms with Crippen molar-refractivity contribution in [2.24, 2.45) is 0 Å². The molecule has 1 N–H and O–H groups in total. The number of fused-ring (bicyclic) bond motifs is 1. The van der Waals surface area contributed by atoms with Crippen LogP contribution in [0.4, 0.5) is 5.69 Å². The molecule has 4 nitrogen and oxygen atoms in total. The third kappa shape index (κ3) is 3.93. The molecule has 0 bridgehead atoms. The zero-order valence-electron chi connectivity index (χ0n) is 14.6. The van der Waals surface area contributed by atoms with Crippen LogP contribution in [0.2, 0.25) is 0 Å². The summed E-state index contributed by atoms with van der Waals surface area (Å²) in [5.41, 5.74) is 4.30. The minimum absolute atomic E-state index is 0.0129. The first-order valence-electron chi connectivity index (χ1n) is 8.71. The molecule has 0 amide bonds. The van der Waals surface area contributed by atoms with Gasteiger partial charge < -0.3 is 9.88 Å². The van der Waals surface area contributed by atoms with E-state index in [0.717, 1.165) is 33.2 Å². The molecule has 4 aromatic rings. The second-order valence-corrected chi connectivity index (χ2v) is 7.19. The average molecular weight is 420 g/mol. The summed E-state index contributed by atoms with van der Waals surface area (Å²) in [5, 5.41) is 4.58. The largest absolute Gasteiger partial charge is 0.380 e. The minimum Gasteiger partial charge on any atom is -0.380 e. The van der Waals surface area contributed by atoms with Crippen molar-refractivity contribution in [1.29, 1.82) is 0 Å². The van der Waals surface area contributed by atoms with E-state index in [0.29, 0.717) is 6.54 Å². The van der Waals surface area contributed by atoms with Crippen LogP contribution in [0.25, 0.3) is 10.9 Å². The van der Waals surface area contributed by atoms with Crippen LogP contribution in [0.1, 0.15) is 11.1 Å². The van der Waals surface area contributed by atoms with E-state index in [-0.39, 0.29) is 5.56 Å². The first kappa shape index (κ1) is 17.5. The molecule has 0 aliphatic carbocycles. The molecule has 4 rings (SSSR count). The number of pyridine rings is 2. The maximum atomic E-state index is 11.8. The van der Waals surface area contributed by atoms with E-state index in [4.69, 9.17) is 0 Å². The van der Waals surface area contributed by atoms with E-state index in [9.17, 15) is 4.79 Å². The van der Waals surface area contributed by atoms with Crippen molar-refractivity contribution < 1.29 is 0 Å². The molecule has 0 spiro atoms. The van der Waals surface area contributed by atoms with Gasteiger partial charge in [0.15, 0.2) is 0 Å². The van der Waals surface area contributed by atoms with Crippen LogP contribution >= 0.6 is 15.9 Å². The number of aromatic nitrogens is 2. The molecule has 0 aliphatic rings. The summed E-state index contributed by atoms with van der Waals surface area (Å²) in [7, 11) is 0. The van der Waals surface area contributed by atoms with Gasteiger partial charge in [0.25, 0.3) is 5.56 Å². The van der Waals surface area contributed by atoms with Gasteiger partial charge in [0.05, 0.1) is 12.1 Å². The van der Waals surface area contributed by atoms with Crippen molar-refractivity contribution in [3.05, 3.63) is 105 Å². The molecule has 0 atom stereocenters. The van der Waals surface area contributed by atoms with Gasteiger partial charge in [-0.3, -0.25) is 9.78 Å². The SMILES string of the molecule is O=c1ccccn1Cc1ccc(CNc2ccnc3c(Br)cccc23)cc1. The maximum absolute atomic E-state index is 11.8. The summed E-state index contributed by atoms with van der Waals surface area (Å²) >= 11 is 3.55. The van der Waals surface area contributed by atoms with Crippen LogP contribution in [-0.4, -0.2) is 9.55 Å². The molecule has 134 valence electrons. The van der Waals surface area contributed by atoms with E-state index in [1.165, 1.54) is 5.56 Å². The number of nitrogens with one attached hydrogen (secondary N) is 1. The lowest BCUT2D eigenvalue weighted by Crippen LogP contribution is -2.18. The lowest BCUT2D eigenvalue weighted by atomic mass is 10.1. The molecule has 0 saturated carbocycles. The first-order valence-corrected chi connectivity index (χ1v) is 9.50. The molecular formula is C22H18BrN3O. The monoisotopic (exact) mass is 419 g/mol. The Bertz CT molecular complexity index is 1140. The fourth-order valence-electron chi connectivity index (χ4n) is 3.04. The minimum atomic E-state index is 0.0129. The highest BCUT2D eigenvalue weighted by Crippen LogP contribution is 2.27. The fourth-order valence-corrected chi connectivity index (χ4v) is 3.51. The number of benzene rings is 2. The van der Waals surface area contributed by atoms with Gasteiger partial charge in [0.1, 0.15) is 0 Å². The van der Waals surface area contributed by atoms with Gasteiger partial charge in [-0.1, -0.05) is 42.5 Å². The highest BCUT2D eigenvalue weighted by Gasteiger charge is 2.05. The summed E-state index contributed by atoms with van der Waals surface area (Å²) in [6, 6.07) is 21.6. The molecule has 2 aromatic heterocycles. The maximum Gasteiger partial charge on any atom is 0.250 e. The summed E-state index contributed by atoms with van der Waals surface area (Å²) in [4.78, 5) is 16.3. The van der Waals surface area contributed by atoms with Gasteiger partial charge >= 0.3 is 0 Å². The Morgan fingerprint density at radius 2 is 1.74 bits per heavy atom. The number of anilines is 1. The van der Waals surface area contributed by atoms with Crippen molar-refractivity contribution in [2.75, 3.05) is 5.32 Å². The van der Waals surface area contributed by atoms with Crippen LogP contribution in [0.15, 0.2) is 88.4 Å². The van der Waals surface area contributed by atoms with Gasteiger partial charge in [-0.25, -0.2) is 0 Å². The third-order valence-corrected chi connectivity index (χ3v) is 5.12. The molecular weight excluding hydrogens is 402 g/mol. The Morgan fingerprint density at radius 3 is 2.56 bits per heavy atom. The van der Waals surface area contributed by atoms with Crippen molar-refractivity contribution in [2.45, 2.75) is 13.1 Å². The molecule has 2 aromatic carbocycles. The van der Waals surface area contributed by atoms with E-state index in [1.807, 2.05) is 36.7 Å². The number of hydrogen-bond donors (Lipinski definition) is 1. The summed E-state index contributed by atoms with van der Waals surface area (Å²) in [6.07, 6.45) is 3.63. The van der Waals surface area contributed by atoms with Crippen molar-refractivity contribution in [3.63, 3.8) is 0 Å². The molecule has 27 heavy (non-hydrogen) atoms. The number of halogens is 1. The summed E-state index contributed by atoms with van der Waals surface area (Å²) in [6.45, 7) is 1.30. The van der Waals surface area contributed by atoms with Gasteiger partial charge in [0, 0.05) is 40.6 Å². The van der Waals surface area contributed by atoms with Crippen molar-refractivity contribution >= 4 is 32.5 Å². The summed E-state index contributed by atoms with van der Waals surface area (Å²) in [5.74, 6) is 0. The number of hydrogen-bond acceptors (Lipinski definition) is 3. The Kier molecular flexibility index (Phi) is 5.03. The van der Waals surface area contributed by atoms with Crippen LogP contribution < -0.4 is 10.9 Å². The molecule has 0 unspecified atom stereocenters. The van der Waals surface area contributed by atoms with E-state index >= 15 is 0 Å². The zero-order chi connectivity index (χ0) is 18.6. The van der Waals surface area contributed by atoms with Gasteiger partial charge in [0.2, 0.25) is 0 Å². The standard InChI is InChI=1S/C22H18BrN3O/c23-19-5-3-4-18-20(11-12-24-22(18)19)25-14-16-7-9-17(10-8-16)15-26-13-2-1-6-21(26)27/h1-13H,14-15H2,(H,24,25). The highest BCUT2D eigenvalue weighted by atomic mass is 79.9. The smallest absolute Gasteiger partial charge is 0.250 e. The first-order chi connectivity index (χ1) is 13.2. The molecule has 5 heteroatoms. The average Bonchev–Trinajstić information content (AvgIpc) is 2.70. The van der Waals surface area contributed by atoms with E-state index in [1.54, 1.807) is 16.7 Å². The topological polar surface area (TPSA) is 46.9 Å². The lowest BCUT2D eigenvalue weighted by molar-refractivity contribution is 0.759. The lowest BCUT2D eigenvalue weighted by Gasteiger charge is -2.11. The van der Waals surface area contributed by atoms with E-state index in [2.05, 4.69) is 56.6 Å². The fraction of sp³-hybridized carbons (Fsp3) is 0.0909. The van der Waals surface area contributed by atoms with Crippen molar-refractivity contribution in [1.82, 2.24) is 9.55 Å². The highest BCUT2D eigenvalue weighted by molar-refractivity contribution is 9.10. The predicted molar refractivity (Wildman–Crippen MR) is 113 cm³/mol. The zero-order valence-corrected chi connectivity index (χ0v) is 16.2. The Balaban J connectivity index is 1.48. The molecule has 0 radical (unpaired) electrons. The van der Waals surface area contributed by atoms with Crippen LogP contribution in [0.5, 0.6) is 0 Å². The van der Waals surface area contributed by atoms with Crippen LogP contribution in [0.3, 0.4) is 0 Å². The van der Waals surface area contributed by atoms with E-state index < -0.39 is 0 Å². The van der Waals surface area contributed by atoms with Gasteiger partial charge in [-0.05, 0) is 45.3 Å². The quantitative estimate of drug-likeness (QED) is 0.504. The second-order valence-electron chi connectivity index (χ2n) is 6.33. The molecule has 0 saturated heterocycles. The normalized spacial score (nSPS) is 10.9. The number of para-hydroxylation sites is 1. The van der Waals surface area contributed by atoms with Crippen LogP contribution in [0, 0.1) is 0 Å². The Hall–Kier alpha value is -2.92. The number of nitrogens with zero attached hydrogens (tertiary/aromatic N) is 2. The molecule has 2 heterocycles.